The predicted molar refractivity (Wildman–Crippen MR) is 98.8 cm³/mol. The van der Waals surface area contributed by atoms with Crippen LogP contribution >= 0.6 is 12.4 Å². The van der Waals surface area contributed by atoms with Crippen LogP contribution in [0.15, 0.2) is 6.20 Å². The van der Waals surface area contributed by atoms with E-state index in [1.165, 1.54) is 44.9 Å². The molecule has 1 aromatic heterocycles. The number of carbonyl (C=O) groups excluding carboxylic acids is 1. The first-order valence-electron chi connectivity index (χ1n) is 8.78. The highest BCUT2D eigenvalue weighted by atomic mass is 35.5. The number of unbranched alkanes of at least 4 members (excludes halogenated alkanes) is 7. The summed E-state index contributed by atoms with van der Waals surface area (Å²) in [5.41, 5.74) is 6.50. The Kier molecular flexibility index (Phi) is 13.6. The molecule has 0 aliphatic heterocycles. The van der Waals surface area contributed by atoms with E-state index < -0.39 is 0 Å². The molecule has 1 rings (SSSR count). The van der Waals surface area contributed by atoms with Gasteiger partial charge in [0.2, 0.25) is 5.91 Å². The summed E-state index contributed by atoms with van der Waals surface area (Å²) in [4.78, 5) is 18.6. The van der Waals surface area contributed by atoms with E-state index in [1.54, 1.807) is 6.20 Å². The maximum atomic E-state index is 11.7. The molecule has 6 heteroatoms. The Morgan fingerprint density at radius 2 is 1.78 bits per heavy atom. The zero-order valence-electron chi connectivity index (χ0n) is 14.4. The summed E-state index contributed by atoms with van der Waals surface area (Å²) >= 11 is 0. The highest BCUT2D eigenvalue weighted by molar-refractivity contribution is 5.85. The van der Waals surface area contributed by atoms with Crippen LogP contribution < -0.4 is 11.1 Å². The Labute approximate surface area is 146 Å². The van der Waals surface area contributed by atoms with Crippen molar-refractivity contribution in [2.24, 2.45) is 0 Å². The maximum Gasteiger partial charge on any atom is 0.220 e. The summed E-state index contributed by atoms with van der Waals surface area (Å²) in [6.07, 6.45) is 14.3. The smallest absolute Gasteiger partial charge is 0.220 e. The third-order valence-corrected chi connectivity index (χ3v) is 3.85. The van der Waals surface area contributed by atoms with Gasteiger partial charge in [-0.3, -0.25) is 4.79 Å². The minimum Gasteiger partial charge on any atom is -0.369 e. The van der Waals surface area contributed by atoms with Crippen molar-refractivity contribution in [1.29, 1.82) is 0 Å². The van der Waals surface area contributed by atoms with Crippen LogP contribution in [0.5, 0.6) is 0 Å². The van der Waals surface area contributed by atoms with Crippen LogP contribution in [0, 0.1) is 0 Å². The second-order valence-corrected chi connectivity index (χ2v) is 5.97. The SMILES string of the molecule is CCCCCCCCCCNC(=O)CCCc1cnc(N)[nH]1.Cl. The van der Waals surface area contributed by atoms with Gasteiger partial charge in [0.25, 0.3) is 0 Å². The minimum atomic E-state index is 0. The lowest BCUT2D eigenvalue weighted by Crippen LogP contribution is -2.24. The summed E-state index contributed by atoms with van der Waals surface area (Å²) in [6.45, 7) is 3.05. The molecule has 0 bridgehead atoms. The normalized spacial score (nSPS) is 10.3. The molecule has 1 amide bonds. The summed E-state index contributed by atoms with van der Waals surface area (Å²) < 4.78 is 0. The number of aryl methyl sites for hydroxylation is 1. The molecule has 0 unspecified atom stereocenters. The fraction of sp³-hybridized carbons (Fsp3) is 0.765. The quantitative estimate of drug-likeness (QED) is 0.473. The Bertz CT molecular complexity index is 409. The third-order valence-electron chi connectivity index (χ3n) is 3.85. The van der Waals surface area contributed by atoms with Gasteiger partial charge in [-0.1, -0.05) is 51.9 Å². The third kappa shape index (κ3) is 11.9. The van der Waals surface area contributed by atoms with Gasteiger partial charge in [-0.05, 0) is 19.3 Å². The van der Waals surface area contributed by atoms with Gasteiger partial charge in [-0.25, -0.2) is 4.98 Å². The van der Waals surface area contributed by atoms with E-state index in [-0.39, 0.29) is 18.3 Å². The van der Waals surface area contributed by atoms with Gasteiger partial charge in [0.15, 0.2) is 5.95 Å². The number of nitrogens with two attached hydrogens (primary N) is 1. The second kappa shape index (κ2) is 14.4. The number of hydrogen-bond donors (Lipinski definition) is 3. The first-order valence-corrected chi connectivity index (χ1v) is 8.78. The van der Waals surface area contributed by atoms with E-state index in [2.05, 4.69) is 22.2 Å². The highest BCUT2D eigenvalue weighted by Gasteiger charge is 2.02. The zero-order chi connectivity index (χ0) is 16.0. The van der Waals surface area contributed by atoms with Gasteiger partial charge >= 0.3 is 0 Å². The van der Waals surface area contributed by atoms with Crippen LogP contribution in [0.2, 0.25) is 0 Å². The van der Waals surface area contributed by atoms with E-state index in [9.17, 15) is 4.79 Å². The summed E-state index contributed by atoms with van der Waals surface area (Å²) in [7, 11) is 0. The fourth-order valence-electron chi connectivity index (χ4n) is 2.52. The molecule has 0 radical (unpaired) electrons. The van der Waals surface area contributed by atoms with Crippen molar-refractivity contribution in [3.63, 3.8) is 0 Å². The number of nitrogen functional groups attached to an aromatic ring is 1. The molecule has 5 nitrogen and oxygen atoms in total. The lowest BCUT2D eigenvalue weighted by atomic mass is 10.1. The second-order valence-electron chi connectivity index (χ2n) is 5.97. The lowest BCUT2D eigenvalue weighted by Gasteiger charge is -2.05. The highest BCUT2D eigenvalue weighted by Crippen LogP contribution is 2.08. The lowest BCUT2D eigenvalue weighted by molar-refractivity contribution is -0.121. The number of nitrogens with one attached hydrogen (secondary N) is 2. The number of imidazole rings is 1. The van der Waals surface area contributed by atoms with Crippen molar-refractivity contribution < 1.29 is 4.79 Å². The van der Waals surface area contributed by atoms with Gasteiger partial charge in [0, 0.05) is 18.7 Å². The zero-order valence-corrected chi connectivity index (χ0v) is 15.2. The van der Waals surface area contributed by atoms with Crippen molar-refractivity contribution in [3.05, 3.63) is 11.9 Å². The Balaban J connectivity index is 0.00000484. The van der Waals surface area contributed by atoms with Crippen molar-refractivity contribution >= 4 is 24.3 Å². The Morgan fingerprint density at radius 1 is 1.13 bits per heavy atom. The van der Waals surface area contributed by atoms with E-state index in [4.69, 9.17) is 5.73 Å². The molecule has 0 spiro atoms. The number of anilines is 1. The minimum absolute atomic E-state index is 0. The van der Waals surface area contributed by atoms with Crippen LogP contribution in [0.1, 0.15) is 76.8 Å². The average molecular weight is 345 g/mol. The molecule has 0 saturated heterocycles. The van der Waals surface area contributed by atoms with Crippen LogP contribution in [0.25, 0.3) is 0 Å². The van der Waals surface area contributed by atoms with Crippen molar-refractivity contribution in [2.75, 3.05) is 12.3 Å². The number of hydrogen-bond acceptors (Lipinski definition) is 3. The fourth-order valence-corrected chi connectivity index (χ4v) is 2.52. The summed E-state index contributed by atoms with van der Waals surface area (Å²) in [5, 5.41) is 3.00. The number of amides is 1. The van der Waals surface area contributed by atoms with E-state index in [1.807, 2.05) is 0 Å². The number of H-pyrrole nitrogens is 1. The van der Waals surface area contributed by atoms with Gasteiger partial charge in [0.1, 0.15) is 0 Å². The van der Waals surface area contributed by atoms with Crippen LogP contribution in [0.4, 0.5) is 5.95 Å². The molecule has 0 saturated carbocycles. The molecule has 0 aliphatic carbocycles. The molecule has 134 valence electrons. The first-order chi connectivity index (χ1) is 10.7. The van der Waals surface area contributed by atoms with Gasteiger partial charge in [0.05, 0.1) is 6.20 Å². The molecule has 4 N–H and O–H groups in total. The van der Waals surface area contributed by atoms with E-state index >= 15 is 0 Å². The van der Waals surface area contributed by atoms with Crippen molar-refractivity contribution in [1.82, 2.24) is 15.3 Å². The monoisotopic (exact) mass is 344 g/mol. The van der Waals surface area contributed by atoms with E-state index in [0.717, 1.165) is 31.5 Å². The van der Waals surface area contributed by atoms with Crippen LogP contribution in [-0.2, 0) is 11.2 Å². The molecule has 0 aliphatic rings. The molecule has 0 fully saturated rings. The standard InChI is InChI=1S/C17H32N4O.ClH/c1-2-3-4-5-6-7-8-9-13-19-16(22)12-10-11-15-14-20-17(18)21-15;/h14H,2-13H2,1H3,(H,19,22)(H3,18,20,21);1H. The molecule has 23 heavy (non-hydrogen) atoms. The van der Waals surface area contributed by atoms with E-state index in [0.29, 0.717) is 12.4 Å². The topological polar surface area (TPSA) is 83.8 Å². The molecule has 1 aromatic rings. The van der Waals surface area contributed by atoms with Crippen molar-refractivity contribution in [2.45, 2.75) is 77.6 Å². The number of carbonyl (C=O) groups is 1. The first kappa shape index (κ1) is 21.8. The number of aromatic amines is 1. The number of halogens is 1. The maximum absolute atomic E-state index is 11.7. The molecule has 1 heterocycles. The van der Waals surface area contributed by atoms with Crippen molar-refractivity contribution in [3.8, 4) is 0 Å². The number of aromatic nitrogens is 2. The summed E-state index contributed by atoms with van der Waals surface area (Å²) in [6, 6.07) is 0. The average Bonchev–Trinajstić information content (AvgIpc) is 2.91. The molecule has 0 aromatic carbocycles. The molecule has 0 atom stereocenters. The van der Waals surface area contributed by atoms with Gasteiger partial charge in [-0.15, -0.1) is 12.4 Å². The Hall–Kier alpha value is -1.23. The Morgan fingerprint density at radius 3 is 2.39 bits per heavy atom. The largest absolute Gasteiger partial charge is 0.369 e. The number of rotatable bonds is 13. The van der Waals surface area contributed by atoms with Gasteiger partial charge in [-0.2, -0.15) is 0 Å². The predicted octanol–water partition coefficient (Wildman–Crippen LogP) is 3.99. The number of nitrogens with zero attached hydrogens (tertiary/aromatic N) is 1. The van der Waals surface area contributed by atoms with Crippen LogP contribution in [-0.4, -0.2) is 22.4 Å². The van der Waals surface area contributed by atoms with Gasteiger partial charge < -0.3 is 16.0 Å². The van der Waals surface area contributed by atoms with Crippen LogP contribution in [0.3, 0.4) is 0 Å². The summed E-state index contributed by atoms with van der Waals surface area (Å²) in [5.74, 6) is 0.588. The molecular formula is C17H33ClN4O. The molecular weight excluding hydrogens is 312 g/mol.